The molecule has 1 unspecified atom stereocenters. The van der Waals surface area contributed by atoms with Crippen molar-refractivity contribution in [1.29, 1.82) is 0 Å². The number of benzene rings is 3. The van der Waals surface area contributed by atoms with E-state index >= 15 is 0 Å². The number of rotatable bonds is 8. The van der Waals surface area contributed by atoms with E-state index < -0.39 is 0 Å². The Bertz CT molecular complexity index is 934. The van der Waals surface area contributed by atoms with Gasteiger partial charge in [0, 0.05) is 25.4 Å². The van der Waals surface area contributed by atoms with E-state index in [9.17, 15) is 9.18 Å². The van der Waals surface area contributed by atoms with Gasteiger partial charge in [0.05, 0.1) is 6.10 Å². The highest BCUT2D eigenvalue weighted by atomic mass is 19.1. The molecule has 0 aromatic heterocycles. The van der Waals surface area contributed by atoms with Crippen LogP contribution in [0, 0.1) is 5.82 Å². The summed E-state index contributed by atoms with van der Waals surface area (Å²) in [6.45, 7) is 0.572. The molecule has 1 atom stereocenters. The van der Waals surface area contributed by atoms with E-state index in [1.165, 1.54) is 12.1 Å². The molecule has 0 bridgehead atoms. The van der Waals surface area contributed by atoms with E-state index in [1.54, 1.807) is 43.5 Å². The van der Waals surface area contributed by atoms with Crippen molar-refractivity contribution in [3.8, 4) is 5.75 Å². The lowest BCUT2D eigenvalue weighted by atomic mass is 10.1. The fourth-order valence-electron chi connectivity index (χ4n) is 2.82. The molecule has 29 heavy (non-hydrogen) atoms. The number of hydrogen-bond acceptors (Lipinski definition) is 3. The lowest BCUT2D eigenvalue weighted by Gasteiger charge is -2.17. The molecule has 0 radical (unpaired) electrons. The molecule has 3 rings (SSSR count). The van der Waals surface area contributed by atoms with Crippen molar-refractivity contribution >= 4 is 11.7 Å². The monoisotopic (exact) mass is 394 g/mol. The fourth-order valence-corrected chi connectivity index (χ4v) is 2.82. The lowest BCUT2D eigenvalue weighted by Crippen LogP contribution is -2.32. The molecule has 150 valence electrons. The second kappa shape index (κ2) is 10.2. The number of amides is 2. The number of carbonyl (C=O) groups excluding carboxylic acids is 1. The molecule has 3 aromatic carbocycles. The summed E-state index contributed by atoms with van der Waals surface area (Å²) >= 11 is 0. The lowest BCUT2D eigenvalue weighted by molar-refractivity contribution is 0.104. The van der Waals surface area contributed by atoms with Crippen LogP contribution in [-0.2, 0) is 11.3 Å². The zero-order valence-corrected chi connectivity index (χ0v) is 16.1. The molecule has 0 saturated carbocycles. The predicted octanol–water partition coefficient (Wildman–Crippen LogP) is 4.91. The van der Waals surface area contributed by atoms with E-state index in [0.717, 1.165) is 11.1 Å². The summed E-state index contributed by atoms with van der Waals surface area (Å²) < 4.78 is 24.4. The Morgan fingerprint density at radius 1 is 1.00 bits per heavy atom. The van der Waals surface area contributed by atoms with Crippen molar-refractivity contribution in [3.05, 3.63) is 95.8 Å². The molecule has 6 heteroatoms. The highest BCUT2D eigenvalue weighted by Gasteiger charge is 2.12. The molecule has 0 spiro atoms. The van der Waals surface area contributed by atoms with Crippen LogP contribution in [0.4, 0.5) is 14.9 Å². The minimum absolute atomic E-state index is 0.233. The van der Waals surface area contributed by atoms with Crippen LogP contribution in [0.3, 0.4) is 0 Å². The van der Waals surface area contributed by atoms with Crippen LogP contribution in [-0.4, -0.2) is 19.7 Å². The average molecular weight is 394 g/mol. The van der Waals surface area contributed by atoms with Crippen molar-refractivity contribution in [2.75, 3.05) is 19.0 Å². The van der Waals surface area contributed by atoms with Gasteiger partial charge in [-0.25, -0.2) is 9.18 Å². The molecule has 2 amide bonds. The molecule has 0 heterocycles. The second-order valence-corrected chi connectivity index (χ2v) is 6.42. The van der Waals surface area contributed by atoms with Crippen molar-refractivity contribution in [2.45, 2.75) is 12.7 Å². The van der Waals surface area contributed by atoms with Crippen LogP contribution in [0.1, 0.15) is 17.2 Å². The first kappa shape index (κ1) is 20.4. The summed E-state index contributed by atoms with van der Waals surface area (Å²) in [6.07, 6.45) is -0.233. The molecule has 2 N–H and O–H groups in total. The normalized spacial score (nSPS) is 11.5. The van der Waals surface area contributed by atoms with Gasteiger partial charge in [-0.15, -0.1) is 0 Å². The van der Waals surface area contributed by atoms with Gasteiger partial charge >= 0.3 is 6.03 Å². The average Bonchev–Trinajstić information content (AvgIpc) is 2.74. The van der Waals surface area contributed by atoms with Crippen LogP contribution in [0.2, 0.25) is 0 Å². The number of anilines is 1. The Hall–Kier alpha value is -3.38. The number of methoxy groups -OCH3 is 1. The number of urea groups is 1. The number of hydrogen-bond donors (Lipinski definition) is 2. The molecule has 0 aliphatic rings. The van der Waals surface area contributed by atoms with Gasteiger partial charge in [0.2, 0.25) is 0 Å². The highest BCUT2D eigenvalue weighted by molar-refractivity contribution is 5.89. The maximum absolute atomic E-state index is 13.2. The van der Waals surface area contributed by atoms with E-state index in [2.05, 4.69) is 10.6 Å². The van der Waals surface area contributed by atoms with Gasteiger partial charge in [-0.3, -0.25) is 0 Å². The Morgan fingerprint density at radius 3 is 2.55 bits per heavy atom. The zero-order valence-electron chi connectivity index (χ0n) is 16.1. The minimum atomic E-state index is -0.342. The molecule has 0 aliphatic carbocycles. The predicted molar refractivity (Wildman–Crippen MR) is 110 cm³/mol. The standard InChI is InChI=1S/C23H23FN2O3/c1-28-22(18-8-3-2-4-9-18)15-25-23(27)26-20-11-6-12-21(14-20)29-16-17-7-5-10-19(24)13-17/h2-14,22H,15-16H2,1H3,(H2,25,26,27). The Balaban J connectivity index is 1.52. The van der Waals surface area contributed by atoms with Gasteiger partial charge in [0.1, 0.15) is 18.2 Å². The highest BCUT2D eigenvalue weighted by Crippen LogP contribution is 2.19. The Kier molecular flexibility index (Phi) is 7.19. The number of carbonyl (C=O) groups is 1. The molecular weight excluding hydrogens is 371 g/mol. The molecule has 0 fully saturated rings. The van der Waals surface area contributed by atoms with Crippen molar-refractivity contribution in [3.63, 3.8) is 0 Å². The zero-order chi connectivity index (χ0) is 20.5. The first-order valence-corrected chi connectivity index (χ1v) is 9.24. The summed E-state index contributed by atoms with van der Waals surface area (Å²) in [7, 11) is 1.61. The van der Waals surface area contributed by atoms with Crippen LogP contribution in [0.15, 0.2) is 78.9 Å². The van der Waals surface area contributed by atoms with Gasteiger partial charge in [-0.05, 0) is 35.4 Å². The summed E-state index contributed by atoms with van der Waals surface area (Å²) in [5.74, 6) is 0.272. The number of nitrogens with one attached hydrogen (secondary N) is 2. The third-order valence-corrected chi connectivity index (χ3v) is 4.29. The second-order valence-electron chi connectivity index (χ2n) is 6.42. The largest absolute Gasteiger partial charge is 0.489 e. The van der Waals surface area contributed by atoms with Crippen LogP contribution in [0.25, 0.3) is 0 Å². The van der Waals surface area contributed by atoms with E-state index in [4.69, 9.17) is 9.47 Å². The quantitative estimate of drug-likeness (QED) is 0.570. The first-order chi connectivity index (χ1) is 14.1. The van der Waals surface area contributed by atoms with E-state index in [-0.39, 0.29) is 24.6 Å². The molecule has 0 aliphatic heterocycles. The minimum Gasteiger partial charge on any atom is -0.489 e. The van der Waals surface area contributed by atoms with Gasteiger partial charge in [-0.2, -0.15) is 0 Å². The van der Waals surface area contributed by atoms with Crippen molar-refractivity contribution < 1.29 is 18.7 Å². The van der Waals surface area contributed by atoms with Crippen LogP contribution in [0.5, 0.6) is 5.75 Å². The van der Waals surface area contributed by atoms with Crippen LogP contribution >= 0.6 is 0 Å². The summed E-state index contributed by atoms with van der Waals surface area (Å²) in [4.78, 5) is 12.2. The van der Waals surface area contributed by atoms with Gasteiger partial charge in [0.25, 0.3) is 0 Å². The SMILES string of the molecule is COC(CNC(=O)Nc1cccc(OCc2cccc(F)c2)c1)c1ccccc1. The third-order valence-electron chi connectivity index (χ3n) is 4.29. The maximum atomic E-state index is 13.2. The molecular formula is C23H23FN2O3. The fraction of sp³-hybridized carbons (Fsp3) is 0.174. The van der Waals surface area contributed by atoms with Gasteiger partial charge in [-0.1, -0.05) is 48.5 Å². The molecule has 3 aromatic rings. The maximum Gasteiger partial charge on any atom is 0.319 e. The summed E-state index contributed by atoms with van der Waals surface area (Å²) in [5.41, 5.74) is 2.31. The van der Waals surface area contributed by atoms with Crippen molar-refractivity contribution in [1.82, 2.24) is 5.32 Å². The van der Waals surface area contributed by atoms with Crippen molar-refractivity contribution in [2.24, 2.45) is 0 Å². The summed E-state index contributed by atoms with van der Waals surface area (Å²) in [5, 5.41) is 5.58. The Morgan fingerprint density at radius 2 is 1.79 bits per heavy atom. The first-order valence-electron chi connectivity index (χ1n) is 9.24. The van der Waals surface area contributed by atoms with Gasteiger partial charge in [0.15, 0.2) is 0 Å². The number of ether oxygens (including phenoxy) is 2. The molecule has 0 saturated heterocycles. The third kappa shape index (κ3) is 6.33. The summed E-state index contributed by atoms with van der Waals surface area (Å²) in [6, 6.07) is 22.6. The van der Waals surface area contributed by atoms with E-state index in [0.29, 0.717) is 18.0 Å². The van der Waals surface area contributed by atoms with Crippen LogP contribution < -0.4 is 15.4 Å². The number of halogens is 1. The Labute approximate surface area is 169 Å². The van der Waals surface area contributed by atoms with Gasteiger partial charge < -0.3 is 20.1 Å². The van der Waals surface area contributed by atoms with E-state index in [1.807, 2.05) is 30.3 Å². The topological polar surface area (TPSA) is 59.6 Å². The smallest absolute Gasteiger partial charge is 0.319 e. The molecule has 5 nitrogen and oxygen atoms in total.